The van der Waals surface area contributed by atoms with Crippen molar-refractivity contribution in [2.24, 2.45) is 0 Å². The normalized spacial score (nSPS) is 12.2. The molecule has 1 nitrogen and oxygen atoms in total. The van der Waals surface area contributed by atoms with Gasteiger partial charge in [-0.25, -0.2) is 0 Å². The van der Waals surface area contributed by atoms with Gasteiger partial charge in [-0.1, -0.05) is 72.8 Å². The highest BCUT2D eigenvalue weighted by atomic mass is 14.9. The first-order valence-corrected chi connectivity index (χ1v) is 7.58. The molecule has 0 aromatic heterocycles. The fourth-order valence-electron chi connectivity index (χ4n) is 2.30. The van der Waals surface area contributed by atoms with Gasteiger partial charge in [-0.15, -0.1) is 0 Å². The van der Waals surface area contributed by atoms with E-state index in [1.807, 2.05) is 0 Å². The first-order chi connectivity index (χ1) is 10.1. The van der Waals surface area contributed by atoms with Crippen LogP contribution in [-0.2, 0) is 0 Å². The molecule has 0 aliphatic heterocycles. The molecule has 2 rings (SSSR count). The Morgan fingerprint density at radius 1 is 0.857 bits per heavy atom. The van der Waals surface area contributed by atoms with Crippen LogP contribution in [0.3, 0.4) is 0 Å². The summed E-state index contributed by atoms with van der Waals surface area (Å²) < 4.78 is 0. The van der Waals surface area contributed by atoms with Crippen molar-refractivity contribution < 1.29 is 0 Å². The number of allylic oxidation sites excluding steroid dienone is 1. The maximum Gasteiger partial charge on any atom is 0.0270 e. The summed E-state index contributed by atoms with van der Waals surface area (Å²) in [5.41, 5.74) is 2.81. The van der Waals surface area contributed by atoms with E-state index in [0.29, 0.717) is 5.92 Å². The number of nitrogens with one attached hydrogen (secondary N) is 1. The van der Waals surface area contributed by atoms with E-state index in [9.17, 15) is 0 Å². The molecule has 1 heteroatoms. The molecular weight excluding hydrogens is 254 g/mol. The van der Waals surface area contributed by atoms with Crippen LogP contribution in [0.2, 0.25) is 0 Å². The van der Waals surface area contributed by atoms with Gasteiger partial charge >= 0.3 is 0 Å². The van der Waals surface area contributed by atoms with Crippen molar-refractivity contribution in [3.05, 3.63) is 83.9 Å². The molecule has 21 heavy (non-hydrogen) atoms. The molecule has 0 bridgehead atoms. The lowest BCUT2D eigenvalue weighted by atomic mass is 9.91. The summed E-state index contributed by atoms with van der Waals surface area (Å²) in [6, 6.07) is 21.3. The average molecular weight is 279 g/mol. The van der Waals surface area contributed by atoms with Crippen molar-refractivity contribution in [2.45, 2.75) is 32.2 Å². The predicted octanol–water partition coefficient (Wildman–Crippen LogP) is 4.76. The standard InChI is InChI=1S/C20H25N/c1-20(2,3)21-16-10-15-19(17-11-6-4-7-12-17)18-13-8-5-9-14-18/h4-15,19,21H,16H2,1-3H3/b15-10+. The van der Waals surface area contributed by atoms with Gasteiger partial charge in [0.1, 0.15) is 0 Å². The van der Waals surface area contributed by atoms with E-state index in [0.717, 1.165) is 6.54 Å². The van der Waals surface area contributed by atoms with Gasteiger partial charge in [0.15, 0.2) is 0 Å². The Kier molecular flexibility index (Phi) is 5.35. The van der Waals surface area contributed by atoms with Crippen LogP contribution < -0.4 is 5.32 Å². The van der Waals surface area contributed by atoms with E-state index in [-0.39, 0.29) is 5.54 Å². The molecular formula is C20H25N. The summed E-state index contributed by atoms with van der Waals surface area (Å²) in [5, 5.41) is 3.49. The fraction of sp³-hybridized carbons (Fsp3) is 0.300. The van der Waals surface area contributed by atoms with Crippen molar-refractivity contribution in [2.75, 3.05) is 6.54 Å². The van der Waals surface area contributed by atoms with E-state index in [4.69, 9.17) is 0 Å². The Morgan fingerprint density at radius 3 is 1.76 bits per heavy atom. The molecule has 0 amide bonds. The molecule has 2 aromatic carbocycles. The van der Waals surface area contributed by atoms with Crippen molar-refractivity contribution in [1.82, 2.24) is 5.32 Å². The SMILES string of the molecule is CC(C)(C)NC/C=C/C(c1ccccc1)c1ccccc1. The zero-order valence-corrected chi connectivity index (χ0v) is 13.2. The van der Waals surface area contributed by atoms with Crippen molar-refractivity contribution in [1.29, 1.82) is 0 Å². The average Bonchev–Trinajstić information content (AvgIpc) is 2.48. The Bertz CT molecular complexity index is 510. The number of hydrogen-bond acceptors (Lipinski definition) is 1. The Labute approximate surface area is 128 Å². The van der Waals surface area contributed by atoms with Crippen molar-refractivity contribution in [3.8, 4) is 0 Å². The van der Waals surface area contributed by atoms with E-state index >= 15 is 0 Å². The summed E-state index contributed by atoms with van der Waals surface area (Å²) in [6.45, 7) is 7.45. The molecule has 0 unspecified atom stereocenters. The lowest BCUT2D eigenvalue weighted by Crippen LogP contribution is -2.35. The second-order valence-corrected chi connectivity index (χ2v) is 6.36. The van der Waals surface area contributed by atoms with Gasteiger partial charge in [0.05, 0.1) is 0 Å². The molecule has 0 saturated carbocycles. The summed E-state index contributed by atoms with van der Waals surface area (Å²) in [5.74, 6) is 0.314. The minimum absolute atomic E-state index is 0.152. The molecule has 0 radical (unpaired) electrons. The highest BCUT2D eigenvalue weighted by molar-refractivity contribution is 5.36. The van der Waals surface area contributed by atoms with E-state index in [1.54, 1.807) is 0 Å². The molecule has 0 aliphatic rings. The van der Waals surface area contributed by atoms with E-state index < -0.39 is 0 Å². The molecule has 110 valence electrons. The first kappa shape index (κ1) is 15.5. The predicted molar refractivity (Wildman–Crippen MR) is 91.6 cm³/mol. The lowest BCUT2D eigenvalue weighted by molar-refractivity contribution is 0.449. The van der Waals surface area contributed by atoms with Crippen LogP contribution in [0, 0.1) is 0 Å². The van der Waals surface area contributed by atoms with Gasteiger partial charge in [-0.3, -0.25) is 0 Å². The van der Waals surface area contributed by atoms with Crippen LogP contribution in [0.15, 0.2) is 72.8 Å². The smallest absolute Gasteiger partial charge is 0.0270 e. The molecule has 0 atom stereocenters. The molecule has 0 heterocycles. The molecule has 0 aliphatic carbocycles. The van der Waals surface area contributed by atoms with Crippen LogP contribution in [0.4, 0.5) is 0 Å². The second-order valence-electron chi connectivity index (χ2n) is 6.36. The van der Waals surface area contributed by atoms with Gasteiger partial charge in [0.2, 0.25) is 0 Å². The molecule has 2 aromatic rings. The third-order valence-electron chi connectivity index (χ3n) is 3.40. The van der Waals surface area contributed by atoms with Crippen molar-refractivity contribution >= 4 is 0 Å². The van der Waals surface area contributed by atoms with Crippen LogP contribution in [0.5, 0.6) is 0 Å². The quantitative estimate of drug-likeness (QED) is 0.778. The van der Waals surface area contributed by atoms with Crippen LogP contribution in [0.1, 0.15) is 37.8 Å². The summed E-state index contributed by atoms with van der Waals surface area (Å²) in [6.07, 6.45) is 4.53. The van der Waals surface area contributed by atoms with Crippen LogP contribution in [-0.4, -0.2) is 12.1 Å². The number of benzene rings is 2. The van der Waals surface area contributed by atoms with E-state index in [2.05, 4.69) is 98.9 Å². The molecule has 1 N–H and O–H groups in total. The minimum Gasteiger partial charge on any atom is -0.309 e. The van der Waals surface area contributed by atoms with E-state index in [1.165, 1.54) is 11.1 Å². The van der Waals surface area contributed by atoms with Crippen LogP contribution in [0.25, 0.3) is 0 Å². The van der Waals surface area contributed by atoms with Crippen molar-refractivity contribution in [3.63, 3.8) is 0 Å². The zero-order valence-electron chi connectivity index (χ0n) is 13.2. The third kappa shape index (κ3) is 5.20. The van der Waals surface area contributed by atoms with Gasteiger partial charge in [-0.05, 0) is 31.9 Å². The van der Waals surface area contributed by atoms with Gasteiger partial charge < -0.3 is 5.32 Å². The summed E-state index contributed by atoms with van der Waals surface area (Å²) >= 11 is 0. The lowest BCUT2D eigenvalue weighted by Gasteiger charge is -2.19. The molecule has 0 fully saturated rings. The summed E-state index contributed by atoms with van der Waals surface area (Å²) in [7, 11) is 0. The van der Waals surface area contributed by atoms with Gasteiger partial charge in [0.25, 0.3) is 0 Å². The minimum atomic E-state index is 0.152. The molecule has 0 spiro atoms. The van der Waals surface area contributed by atoms with Crippen LogP contribution >= 0.6 is 0 Å². The zero-order chi connectivity index (χ0) is 15.1. The molecule has 0 saturated heterocycles. The maximum atomic E-state index is 3.49. The Balaban J connectivity index is 2.16. The number of hydrogen-bond donors (Lipinski definition) is 1. The van der Waals surface area contributed by atoms with Gasteiger partial charge in [-0.2, -0.15) is 0 Å². The maximum absolute atomic E-state index is 3.49. The monoisotopic (exact) mass is 279 g/mol. The largest absolute Gasteiger partial charge is 0.309 e. The fourth-order valence-corrected chi connectivity index (χ4v) is 2.30. The Hall–Kier alpha value is -1.86. The first-order valence-electron chi connectivity index (χ1n) is 7.58. The number of rotatable bonds is 5. The highest BCUT2D eigenvalue weighted by Gasteiger charge is 2.10. The topological polar surface area (TPSA) is 12.0 Å². The van der Waals surface area contributed by atoms with Gasteiger partial charge in [0, 0.05) is 18.0 Å². The Morgan fingerprint density at radius 2 is 1.33 bits per heavy atom. The third-order valence-corrected chi connectivity index (χ3v) is 3.40. The summed E-state index contributed by atoms with van der Waals surface area (Å²) in [4.78, 5) is 0. The second kappa shape index (κ2) is 7.24. The highest BCUT2D eigenvalue weighted by Crippen LogP contribution is 2.25.